The lowest BCUT2D eigenvalue weighted by molar-refractivity contribution is -0.135. The van der Waals surface area contributed by atoms with Gasteiger partial charge in [0.05, 0.1) is 45.0 Å². The molecule has 0 radical (unpaired) electrons. The van der Waals surface area contributed by atoms with Crippen LogP contribution in [0.5, 0.6) is 28.7 Å². The van der Waals surface area contributed by atoms with Crippen molar-refractivity contribution >= 4 is 28.8 Å². The fourth-order valence-corrected chi connectivity index (χ4v) is 4.94. The molecule has 0 aliphatic carbocycles. The van der Waals surface area contributed by atoms with Gasteiger partial charge in [0.25, 0.3) is 0 Å². The van der Waals surface area contributed by atoms with Crippen molar-refractivity contribution in [1.82, 2.24) is 0 Å². The highest BCUT2D eigenvalue weighted by molar-refractivity contribution is 6.15. The van der Waals surface area contributed by atoms with Crippen LogP contribution >= 0.6 is 0 Å². The number of Topliss-reactive ketones (excluding diaryl/α,β-unsaturated/α-hetero) is 1. The van der Waals surface area contributed by atoms with Gasteiger partial charge in [-0.1, -0.05) is 0 Å². The molecule has 1 atom stereocenters. The molecule has 0 amide bonds. The van der Waals surface area contributed by atoms with Crippen molar-refractivity contribution < 1.29 is 37.7 Å². The van der Waals surface area contributed by atoms with Gasteiger partial charge in [-0.15, -0.1) is 0 Å². The van der Waals surface area contributed by atoms with E-state index in [1.54, 1.807) is 61.7 Å². The molecule has 2 aliphatic heterocycles. The zero-order chi connectivity index (χ0) is 27.3. The third kappa shape index (κ3) is 3.99. The number of ketones is 1. The number of allylic oxidation sites excluding steroid dienone is 1. The van der Waals surface area contributed by atoms with Gasteiger partial charge in [-0.25, -0.2) is 0 Å². The van der Waals surface area contributed by atoms with E-state index in [1.165, 1.54) is 20.5 Å². The largest absolute Gasteiger partial charge is 0.497 e. The first kappa shape index (κ1) is 24.3. The number of ether oxygens (including phenoxy) is 5. The number of methoxy groups -OCH3 is 3. The molecule has 3 heterocycles. The van der Waals surface area contributed by atoms with Crippen LogP contribution in [0.15, 0.2) is 69.8 Å². The fraction of sp³-hybridized carbons (Fsp3) is 0.167. The Kier molecular flexibility index (Phi) is 5.83. The standard InChI is InChI=1S/C30H22O9/c1-34-16-6-8-22-20(11-16)28(32)21(14-37-22)19-13-26(31)38-23-9-7-18-29(33)25(39-30(18)27(19)23)10-15-4-5-17(35-2)12-24(15)36-3/h4-12,14,19H,13H2,1-3H3/b25-10-. The smallest absolute Gasteiger partial charge is 0.312 e. The summed E-state index contributed by atoms with van der Waals surface area (Å²) in [6.45, 7) is 0. The SMILES string of the molecule is COc1ccc(/C=C2\Oc3c(ccc4c3C(c3coc5ccc(OC)cc5c3=O)CC(=O)O4)C2=O)c(OC)c1. The lowest BCUT2D eigenvalue weighted by atomic mass is 9.85. The highest BCUT2D eigenvalue weighted by atomic mass is 16.5. The van der Waals surface area contributed by atoms with Crippen molar-refractivity contribution in [3.05, 3.63) is 93.0 Å². The van der Waals surface area contributed by atoms with Gasteiger partial charge < -0.3 is 28.1 Å². The van der Waals surface area contributed by atoms with E-state index in [9.17, 15) is 14.4 Å². The Morgan fingerprint density at radius 3 is 2.41 bits per heavy atom. The molecular formula is C30H22O9. The zero-order valence-corrected chi connectivity index (χ0v) is 21.2. The number of rotatable bonds is 5. The second-order valence-electron chi connectivity index (χ2n) is 9.01. The summed E-state index contributed by atoms with van der Waals surface area (Å²) in [5.41, 5.74) is 1.64. The Morgan fingerprint density at radius 2 is 1.64 bits per heavy atom. The Balaban J connectivity index is 1.48. The Labute approximate surface area is 222 Å². The molecule has 9 heteroatoms. The molecule has 0 fully saturated rings. The van der Waals surface area contributed by atoms with E-state index in [-0.39, 0.29) is 40.5 Å². The van der Waals surface area contributed by atoms with Crippen molar-refractivity contribution in [2.24, 2.45) is 0 Å². The maximum atomic E-state index is 13.6. The summed E-state index contributed by atoms with van der Waals surface area (Å²) in [6, 6.07) is 13.2. The number of carbonyl (C=O) groups is 2. The third-order valence-corrected chi connectivity index (χ3v) is 6.89. The molecule has 3 aromatic carbocycles. The molecule has 0 saturated carbocycles. The maximum Gasteiger partial charge on any atom is 0.312 e. The van der Waals surface area contributed by atoms with E-state index in [2.05, 4.69) is 0 Å². The van der Waals surface area contributed by atoms with Crippen LogP contribution < -0.4 is 29.1 Å². The first-order valence-corrected chi connectivity index (χ1v) is 12.0. The summed E-state index contributed by atoms with van der Waals surface area (Å²) >= 11 is 0. The highest BCUT2D eigenvalue weighted by Crippen LogP contribution is 2.48. The first-order valence-electron chi connectivity index (χ1n) is 12.0. The van der Waals surface area contributed by atoms with Gasteiger partial charge in [-0.3, -0.25) is 14.4 Å². The van der Waals surface area contributed by atoms with E-state index >= 15 is 0 Å². The van der Waals surface area contributed by atoms with Gasteiger partial charge in [0.15, 0.2) is 11.2 Å². The van der Waals surface area contributed by atoms with E-state index in [0.29, 0.717) is 44.9 Å². The monoisotopic (exact) mass is 526 g/mol. The second-order valence-corrected chi connectivity index (χ2v) is 9.01. The lowest BCUT2D eigenvalue weighted by Gasteiger charge is -2.25. The van der Waals surface area contributed by atoms with E-state index in [4.69, 9.17) is 28.1 Å². The molecule has 6 rings (SSSR count). The van der Waals surface area contributed by atoms with Crippen molar-refractivity contribution in [1.29, 1.82) is 0 Å². The number of hydrogen-bond donors (Lipinski definition) is 0. The lowest BCUT2D eigenvalue weighted by Crippen LogP contribution is -2.25. The number of hydrogen-bond acceptors (Lipinski definition) is 9. The van der Waals surface area contributed by atoms with E-state index < -0.39 is 11.9 Å². The van der Waals surface area contributed by atoms with Crippen molar-refractivity contribution in [3.63, 3.8) is 0 Å². The average Bonchev–Trinajstić information content (AvgIpc) is 3.27. The van der Waals surface area contributed by atoms with Crippen LogP contribution in [0.4, 0.5) is 0 Å². The predicted octanol–water partition coefficient (Wildman–Crippen LogP) is 4.88. The molecule has 0 bridgehead atoms. The first-order chi connectivity index (χ1) is 18.9. The van der Waals surface area contributed by atoms with E-state index in [0.717, 1.165) is 0 Å². The number of esters is 1. The van der Waals surface area contributed by atoms with Crippen LogP contribution in [0.2, 0.25) is 0 Å². The molecule has 39 heavy (non-hydrogen) atoms. The minimum absolute atomic E-state index is 0.0628. The van der Waals surface area contributed by atoms with Gasteiger partial charge in [-0.05, 0) is 48.5 Å². The zero-order valence-electron chi connectivity index (χ0n) is 21.2. The van der Waals surface area contributed by atoms with Gasteiger partial charge in [0.1, 0.15) is 34.3 Å². The van der Waals surface area contributed by atoms with Crippen molar-refractivity contribution in [2.75, 3.05) is 21.3 Å². The molecule has 1 aromatic heterocycles. The molecule has 1 unspecified atom stereocenters. The second kappa shape index (κ2) is 9.36. The van der Waals surface area contributed by atoms with Crippen LogP contribution in [0.3, 0.4) is 0 Å². The normalized spacial score (nSPS) is 16.9. The molecular weight excluding hydrogens is 504 g/mol. The molecule has 4 aromatic rings. The van der Waals surface area contributed by atoms with Gasteiger partial charge >= 0.3 is 5.97 Å². The predicted molar refractivity (Wildman–Crippen MR) is 140 cm³/mol. The summed E-state index contributed by atoms with van der Waals surface area (Å²) < 4.78 is 33.3. The number of carbonyl (C=O) groups excluding carboxylic acids is 2. The Bertz CT molecular complexity index is 1760. The minimum atomic E-state index is -0.759. The summed E-state index contributed by atoms with van der Waals surface area (Å²) in [6.07, 6.45) is 2.79. The minimum Gasteiger partial charge on any atom is -0.497 e. The number of benzene rings is 3. The Hall–Kier alpha value is -5.05. The van der Waals surface area contributed by atoms with Crippen LogP contribution in [0, 0.1) is 0 Å². The van der Waals surface area contributed by atoms with Crippen molar-refractivity contribution in [3.8, 4) is 28.7 Å². The molecule has 196 valence electrons. The topological polar surface area (TPSA) is 111 Å². The highest BCUT2D eigenvalue weighted by Gasteiger charge is 2.39. The summed E-state index contributed by atoms with van der Waals surface area (Å²) in [5.74, 6) is 0.480. The maximum absolute atomic E-state index is 13.6. The fourth-order valence-electron chi connectivity index (χ4n) is 4.94. The molecule has 9 nitrogen and oxygen atoms in total. The van der Waals surface area contributed by atoms with Gasteiger partial charge in [0, 0.05) is 28.7 Å². The third-order valence-electron chi connectivity index (χ3n) is 6.89. The molecule has 0 N–H and O–H groups in total. The van der Waals surface area contributed by atoms with Crippen LogP contribution in [0.25, 0.3) is 17.0 Å². The van der Waals surface area contributed by atoms with Crippen LogP contribution in [-0.2, 0) is 4.79 Å². The molecule has 2 aliphatic rings. The molecule has 0 spiro atoms. The molecule has 0 saturated heterocycles. The number of fused-ring (bicyclic) bond motifs is 4. The summed E-state index contributed by atoms with van der Waals surface area (Å²) in [5, 5.41) is 0.309. The van der Waals surface area contributed by atoms with Crippen LogP contribution in [-0.4, -0.2) is 33.1 Å². The summed E-state index contributed by atoms with van der Waals surface area (Å²) in [7, 11) is 4.57. The summed E-state index contributed by atoms with van der Waals surface area (Å²) in [4.78, 5) is 39.5. The van der Waals surface area contributed by atoms with Crippen LogP contribution in [0.1, 0.15) is 39.4 Å². The average molecular weight is 526 g/mol. The van der Waals surface area contributed by atoms with Gasteiger partial charge in [-0.2, -0.15) is 0 Å². The quantitative estimate of drug-likeness (QED) is 0.204. The van der Waals surface area contributed by atoms with E-state index in [1.807, 2.05) is 0 Å². The van der Waals surface area contributed by atoms with Crippen molar-refractivity contribution in [2.45, 2.75) is 12.3 Å². The Morgan fingerprint density at radius 1 is 0.872 bits per heavy atom. The van der Waals surface area contributed by atoms with Gasteiger partial charge in [0.2, 0.25) is 5.78 Å².